The molecule has 16 heteroatoms. The normalized spacial score (nSPS) is 17.7. The fourth-order valence-corrected chi connectivity index (χ4v) is 3.88. The van der Waals surface area contributed by atoms with Gasteiger partial charge in [0.1, 0.15) is 17.0 Å². The van der Waals surface area contributed by atoms with Gasteiger partial charge in [0.05, 0.1) is 5.69 Å². The minimum atomic E-state index is -4.53. The fraction of sp³-hybridized carbons (Fsp3) is 0.480. The molecule has 0 aliphatic carbocycles. The summed E-state index contributed by atoms with van der Waals surface area (Å²) in [5, 5.41) is 17.8. The van der Waals surface area contributed by atoms with Gasteiger partial charge in [0.25, 0.3) is 0 Å². The summed E-state index contributed by atoms with van der Waals surface area (Å²) in [5.41, 5.74) is -0.914. The van der Waals surface area contributed by atoms with Crippen LogP contribution in [0.25, 0.3) is 0 Å². The fourth-order valence-electron chi connectivity index (χ4n) is 3.88. The maximum absolute atomic E-state index is 13.6. The van der Waals surface area contributed by atoms with Crippen molar-refractivity contribution in [1.82, 2.24) is 15.1 Å². The van der Waals surface area contributed by atoms with Crippen LogP contribution in [-0.2, 0) is 19.2 Å². The second-order valence-corrected chi connectivity index (χ2v) is 9.55. The van der Waals surface area contributed by atoms with Crippen LogP contribution >= 0.6 is 0 Å². The van der Waals surface area contributed by atoms with Crippen molar-refractivity contribution in [3.05, 3.63) is 36.2 Å². The monoisotopic (exact) mass is 590 g/mol. The molecule has 0 saturated carbocycles. The van der Waals surface area contributed by atoms with Gasteiger partial charge in [-0.2, -0.15) is 13.2 Å². The van der Waals surface area contributed by atoms with E-state index >= 15 is 0 Å². The van der Waals surface area contributed by atoms with Crippen molar-refractivity contribution in [2.24, 2.45) is 5.41 Å². The number of anilines is 1. The minimum absolute atomic E-state index is 0.160. The molecule has 41 heavy (non-hydrogen) atoms. The molecule has 2 heterocycles. The number of benzene rings is 1. The van der Waals surface area contributed by atoms with Crippen molar-refractivity contribution < 1.29 is 56.5 Å². The number of nitrogens with one attached hydrogen (secondary N) is 1. The van der Waals surface area contributed by atoms with Gasteiger partial charge >= 0.3 is 24.1 Å². The molecule has 3 N–H and O–H groups in total. The first-order valence-electron chi connectivity index (χ1n) is 12.3. The van der Waals surface area contributed by atoms with Crippen LogP contribution in [0.2, 0.25) is 0 Å². The summed E-state index contributed by atoms with van der Waals surface area (Å²) in [6.07, 6.45) is -2.91. The van der Waals surface area contributed by atoms with Crippen LogP contribution in [0.1, 0.15) is 20.3 Å². The van der Waals surface area contributed by atoms with E-state index in [4.69, 9.17) is 14.9 Å². The zero-order valence-corrected chi connectivity index (χ0v) is 22.2. The highest BCUT2D eigenvalue weighted by Gasteiger charge is 2.46. The molecule has 0 bridgehead atoms. The molecule has 2 aliphatic heterocycles. The molecule has 1 aromatic rings. The van der Waals surface area contributed by atoms with E-state index in [1.165, 1.54) is 26.0 Å². The molecule has 0 atom stereocenters. The summed E-state index contributed by atoms with van der Waals surface area (Å²) in [6.45, 7) is 4.30. The molecule has 3 rings (SSSR count). The van der Waals surface area contributed by atoms with Crippen LogP contribution in [-0.4, -0.2) is 102 Å². The van der Waals surface area contributed by atoms with Gasteiger partial charge in [-0.3, -0.25) is 24.7 Å². The number of carbonyl (C=O) groups is 5. The Morgan fingerprint density at radius 3 is 2.15 bits per heavy atom. The van der Waals surface area contributed by atoms with Crippen LogP contribution in [0.15, 0.2) is 30.4 Å². The van der Waals surface area contributed by atoms with Crippen LogP contribution < -0.4 is 15.0 Å². The summed E-state index contributed by atoms with van der Waals surface area (Å²) in [5.74, 6) is -4.52. The number of piperazine rings is 1. The van der Waals surface area contributed by atoms with Gasteiger partial charge in [0.2, 0.25) is 11.8 Å². The van der Waals surface area contributed by atoms with E-state index in [-0.39, 0.29) is 12.3 Å². The highest BCUT2D eigenvalue weighted by molar-refractivity contribution is 6.18. The quantitative estimate of drug-likeness (QED) is 0.221. The summed E-state index contributed by atoms with van der Waals surface area (Å²) < 4.78 is 55.9. The standard InChI is InChI=1S/C21H26F4N4O4.C4H4O4/c1-20(2)17(30)26-19(32)29(18(20)31)7-3-6-27-8-10-28(11-9-27)15-5-4-14(22)12-16(15)33-13-21(23,24)25;5-3(6)1-2-4(7)8/h4-5,12H,3,6-11,13H2,1-2H3,(H,26,30,32);1-2H,(H,5,6)(H,7,8)/b;2-1+. The average molecular weight is 591 g/mol. The minimum Gasteiger partial charge on any atom is -0.482 e. The van der Waals surface area contributed by atoms with E-state index in [1.807, 2.05) is 4.90 Å². The highest BCUT2D eigenvalue weighted by Crippen LogP contribution is 2.31. The van der Waals surface area contributed by atoms with Crippen LogP contribution in [0, 0.1) is 11.2 Å². The molecule has 4 amide bonds. The van der Waals surface area contributed by atoms with Gasteiger partial charge in [0.15, 0.2) is 6.61 Å². The maximum Gasteiger partial charge on any atom is 0.422 e. The van der Waals surface area contributed by atoms with Gasteiger partial charge in [-0.15, -0.1) is 0 Å². The number of amides is 4. The van der Waals surface area contributed by atoms with E-state index in [2.05, 4.69) is 10.2 Å². The average Bonchev–Trinajstić information content (AvgIpc) is 2.88. The topological polar surface area (TPSA) is 157 Å². The SMILES string of the molecule is CC1(C)C(=O)NC(=O)N(CCCN2CCN(c3ccc(F)cc3OCC(F)(F)F)CC2)C1=O.O=C(O)/C=C/C(=O)O. The lowest BCUT2D eigenvalue weighted by Gasteiger charge is -2.37. The van der Waals surface area contributed by atoms with Crippen molar-refractivity contribution in [3.63, 3.8) is 0 Å². The van der Waals surface area contributed by atoms with Gasteiger partial charge in [-0.25, -0.2) is 18.8 Å². The molecule has 0 spiro atoms. The van der Waals surface area contributed by atoms with Crippen LogP contribution in [0.3, 0.4) is 0 Å². The lowest BCUT2D eigenvalue weighted by molar-refractivity contribution is -0.153. The first-order chi connectivity index (χ1) is 19.0. The molecule has 2 saturated heterocycles. The Balaban J connectivity index is 0.000000642. The van der Waals surface area contributed by atoms with Gasteiger partial charge in [0, 0.05) is 50.9 Å². The first-order valence-corrected chi connectivity index (χ1v) is 12.3. The van der Waals surface area contributed by atoms with E-state index in [9.17, 15) is 41.5 Å². The van der Waals surface area contributed by atoms with Gasteiger partial charge < -0.3 is 19.8 Å². The van der Waals surface area contributed by atoms with Gasteiger partial charge in [-0.05, 0) is 38.9 Å². The van der Waals surface area contributed by atoms with Crippen molar-refractivity contribution in [2.45, 2.75) is 26.4 Å². The van der Waals surface area contributed by atoms with Crippen molar-refractivity contribution in [2.75, 3.05) is 50.8 Å². The maximum atomic E-state index is 13.6. The molecular weight excluding hydrogens is 560 g/mol. The highest BCUT2D eigenvalue weighted by atomic mass is 19.4. The second kappa shape index (κ2) is 13.9. The Labute approximate surface area is 232 Å². The first kappa shape index (κ1) is 33.0. The number of hydrogen-bond donors (Lipinski definition) is 3. The number of imide groups is 2. The number of halogens is 4. The Bertz CT molecular complexity index is 1160. The molecule has 12 nitrogen and oxygen atoms in total. The van der Waals surface area contributed by atoms with Crippen molar-refractivity contribution in [1.29, 1.82) is 0 Å². The van der Waals surface area contributed by atoms with Crippen LogP contribution in [0.4, 0.5) is 28.0 Å². The summed E-state index contributed by atoms with van der Waals surface area (Å²) in [6, 6.07) is 2.80. The number of carboxylic acid groups (broad SMARTS) is 2. The third-order valence-corrected chi connectivity index (χ3v) is 6.06. The Kier molecular flexibility index (Phi) is 11.2. The van der Waals surface area contributed by atoms with E-state index in [0.717, 1.165) is 11.0 Å². The Hall–Kier alpha value is -4.21. The third kappa shape index (κ3) is 10.0. The number of barbiturate groups is 1. The molecule has 0 aromatic heterocycles. The number of aliphatic carboxylic acids is 2. The molecule has 0 radical (unpaired) electrons. The number of ether oxygens (including phenoxy) is 1. The molecule has 0 unspecified atom stereocenters. The number of carboxylic acids is 2. The number of hydrogen-bond acceptors (Lipinski definition) is 8. The van der Waals surface area contributed by atoms with Crippen molar-refractivity contribution in [3.8, 4) is 5.75 Å². The summed E-state index contributed by atoms with van der Waals surface area (Å²) in [4.78, 5) is 60.3. The molecule has 2 aliphatic rings. The molecule has 226 valence electrons. The molecule has 1 aromatic carbocycles. The predicted octanol–water partition coefficient (Wildman–Crippen LogP) is 2.10. The predicted molar refractivity (Wildman–Crippen MR) is 135 cm³/mol. The molecule has 2 fully saturated rings. The number of urea groups is 1. The number of rotatable bonds is 9. The van der Waals surface area contributed by atoms with Gasteiger partial charge in [-0.1, -0.05) is 0 Å². The zero-order valence-electron chi connectivity index (χ0n) is 22.2. The lowest BCUT2D eigenvalue weighted by Crippen LogP contribution is -2.62. The largest absolute Gasteiger partial charge is 0.482 e. The van der Waals surface area contributed by atoms with E-state index in [1.54, 1.807) is 0 Å². The van der Waals surface area contributed by atoms with Crippen LogP contribution in [0.5, 0.6) is 5.75 Å². The van der Waals surface area contributed by atoms with Crippen molar-refractivity contribution >= 4 is 35.5 Å². The summed E-state index contributed by atoms with van der Waals surface area (Å²) >= 11 is 0. The third-order valence-electron chi connectivity index (χ3n) is 6.06. The number of carbonyl (C=O) groups excluding carboxylic acids is 3. The second-order valence-electron chi connectivity index (χ2n) is 9.55. The lowest BCUT2D eigenvalue weighted by atomic mass is 9.89. The Morgan fingerprint density at radius 2 is 1.61 bits per heavy atom. The number of nitrogens with zero attached hydrogens (tertiary/aromatic N) is 3. The van der Waals surface area contributed by atoms with E-state index in [0.29, 0.717) is 57.0 Å². The zero-order chi connectivity index (χ0) is 31.0. The van der Waals surface area contributed by atoms with E-state index < -0.39 is 53.8 Å². The smallest absolute Gasteiger partial charge is 0.422 e. The molecular formula is C25H30F4N4O8. The number of alkyl halides is 3. The summed E-state index contributed by atoms with van der Waals surface area (Å²) in [7, 11) is 0. The Morgan fingerprint density at radius 1 is 1.02 bits per heavy atom.